The summed E-state index contributed by atoms with van der Waals surface area (Å²) in [5.41, 5.74) is 1.76. The van der Waals surface area contributed by atoms with Crippen LogP contribution in [-0.2, 0) is 9.53 Å². The van der Waals surface area contributed by atoms with Crippen LogP contribution in [0.15, 0.2) is 18.3 Å². The van der Waals surface area contributed by atoms with Crippen LogP contribution >= 0.6 is 0 Å². The summed E-state index contributed by atoms with van der Waals surface area (Å²) in [5, 5.41) is 1.000. The minimum absolute atomic E-state index is 0.144. The summed E-state index contributed by atoms with van der Waals surface area (Å²) < 4.78 is 5.57. The Bertz CT molecular complexity index is 758. The molecule has 0 saturated carbocycles. The van der Waals surface area contributed by atoms with Gasteiger partial charge in [-0.1, -0.05) is 0 Å². The van der Waals surface area contributed by atoms with Gasteiger partial charge in [-0.2, -0.15) is 0 Å². The van der Waals surface area contributed by atoms with Crippen LogP contribution in [0.1, 0.15) is 43.1 Å². The number of carbonyl (C=O) groups excluding carboxylic acids is 1. The molecule has 1 amide bonds. The van der Waals surface area contributed by atoms with Gasteiger partial charge < -0.3 is 9.64 Å². The van der Waals surface area contributed by atoms with Gasteiger partial charge in [0.15, 0.2) is 5.65 Å². The van der Waals surface area contributed by atoms with Crippen LogP contribution in [0.25, 0.3) is 11.0 Å². The number of rotatable bonds is 2. The van der Waals surface area contributed by atoms with Crippen LogP contribution in [0.2, 0.25) is 0 Å². The van der Waals surface area contributed by atoms with Crippen molar-refractivity contribution in [2.75, 3.05) is 19.7 Å². The minimum Gasteiger partial charge on any atom is -0.368 e. The number of hydrogen-bond donors (Lipinski definition) is 0. The fourth-order valence-corrected chi connectivity index (χ4v) is 3.79. The number of aryl methyl sites for hydroxylation is 1. The Morgan fingerprint density at radius 3 is 3.04 bits per heavy atom. The van der Waals surface area contributed by atoms with E-state index in [0.29, 0.717) is 13.2 Å². The summed E-state index contributed by atoms with van der Waals surface area (Å²) in [6, 6.07) is 3.95. The second-order valence-corrected chi connectivity index (χ2v) is 6.66. The summed E-state index contributed by atoms with van der Waals surface area (Å²) in [4.78, 5) is 28.1. The highest BCUT2D eigenvalue weighted by Crippen LogP contribution is 2.30. The van der Waals surface area contributed by atoms with Crippen LogP contribution in [0, 0.1) is 6.92 Å². The molecule has 126 valence electrons. The molecule has 0 aliphatic carbocycles. The van der Waals surface area contributed by atoms with Gasteiger partial charge in [0, 0.05) is 37.2 Å². The molecular weight excluding hydrogens is 304 g/mol. The summed E-state index contributed by atoms with van der Waals surface area (Å²) in [6.45, 7) is 4.12. The SMILES string of the molecule is Cc1nc([C@H]2CCCN(C(=O)[C@@H]3CCCO3)C2)c2cccnc2n1. The third-order valence-electron chi connectivity index (χ3n) is 4.94. The molecule has 0 bridgehead atoms. The Morgan fingerprint density at radius 1 is 1.29 bits per heavy atom. The van der Waals surface area contributed by atoms with E-state index in [1.807, 2.05) is 24.0 Å². The number of aromatic nitrogens is 3. The lowest BCUT2D eigenvalue weighted by Crippen LogP contribution is -2.44. The van der Waals surface area contributed by atoms with Crippen molar-refractivity contribution >= 4 is 16.9 Å². The Hall–Kier alpha value is -2.08. The molecule has 24 heavy (non-hydrogen) atoms. The van der Waals surface area contributed by atoms with Gasteiger partial charge in [0.2, 0.25) is 0 Å². The lowest BCUT2D eigenvalue weighted by atomic mass is 9.92. The zero-order chi connectivity index (χ0) is 16.5. The minimum atomic E-state index is -0.241. The average molecular weight is 326 g/mol. The van der Waals surface area contributed by atoms with E-state index >= 15 is 0 Å². The van der Waals surface area contributed by atoms with Crippen LogP contribution in [0.3, 0.4) is 0 Å². The van der Waals surface area contributed by atoms with E-state index in [0.717, 1.165) is 54.8 Å². The molecule has 0 N–H and O–H groups in total. The Kier molecular flexibility index (Phi) is 4.14. The highest BCUT2D eigenvalue weighted by atomic mass is 16.5. The predicted molar refractivity (Wildman–Crippen MR) is 89.6 cm³/mol. The van der Waals surface area contributed by atoms with Crippen molar-refractivity contribution in [1.29, 1.82) is 0 Å². The number of ether oxygens (including phenoxy) is 1. The lowest BCUT2D eigenvalue weighted by Gasteiger charge is -2.34. The van der Waals surface area contributed by atoms with E-state index in [1.165, 1.54) is 0 Å². The van der Waals surface area contributed by atoms with E-state index in [1.54, 1.807) is 6.20 Å². The summed E-state index contributed by atoms with van der Waals surface area (Å²) >= 11 is 0. The zero-order valence-corrected chi connectivity index (χ0v) is 13.9. The first kappa shape index (κ1) is 15.4. The average Bonchev–Trinajstić information content (AvgIpc) is 3.15. The number of carbonyl (C=O) groups is 1. The Balaban J connectivity index is 1.61. The van der Waals surface area contributed by atoms with Crippen LogP contribution in [0.5, 0.6) is 0 Å². The monoisotopic (exact) mass is 326 g/mol. The molecule has 0 unspecified atom stereocenters. The number of fused-ring (bicyclic) bond motifs is 1. The normalized spacial score (nSPS) is 24.5. The Morgan fingerprint density at radius 2 is 2.21 bits per heavy atom. The fourth-order valence-electron chi connectivity index (χ4n) is 3.79. The highest BCUT2D eigenvalue weighted by Gasteiger charge is 2.32. The van der Waals surface area contributed by atoms with Gasteiger partial charge >= 0.3 is 0 Å². The number of piperidine rings is 1. The molecule has 2 aliphatic heterocycles. The quantitative estimate of drug-likeness (QED) is 0.846. The van der Waals surface area contributed by atoms with Gasteiger partial charge in [0.1, 0.15) is 11.9 Å². The first-order chi connectivity index (χ1) is 11.7. The van der Waals surface area contributed by atoms with E-state index in [4.69, 9.17) is 9.72 Å². The van der Waals surface area contributed by atoms with Crippen LogP contribution in [-0.4, -0.2) is 51.6 Å². The van der Waals surface area contributed by atoms with E-state index in [-0.39, 0.29) is 17.9 Å². The van der Waals surface area contributed by atoms with Gasteiger partial charge in [-0.3, -0.25) is 4.79 Å². The molecule has 0 radical (unpaired) electrons. The molecule has 4 heterocycles. The van der Waals surface area contributed by atoms with Gasteiger partial charge in [-0.15, -0.1) is 0 Å². The topological polar surface area (TPSA) is 68.2 Å². The number of likely N-dealkylation sites (tertiary alicyclic amines) is 1. The number of nitrogens with zero attached hydrogens (tertiary/aromatic N) is 4. The van der Waals surface area contributed by atoms with E-state index in [9.17, 15) is 4.79 Å². The third-order valence-corrected chi connectivity index (χ3v) is 4.94. The highest BCUT2D eigenvalue weighted by molar-refractivity contribution is 5.82. The van der Waals surface area contributed by atoms with Crippen molar-refractivity contribution in [3.05, 3.63) is 29.8 Å². The van der Waals surface area contributed by atoms with Crippen molar-refractivity contribution in [2.24, 2.45) is 0 Å². The van der Waals surface area contributed by atoms with Crippen molar-refractivity contribution in [2.45, 2.75) is 44.6 Å². The van der Waals surface area contributed by atoms with Crippen molar-refractivity contribution < 1.29 is 9.53 Å². The number of pyridine rings is 1. The molecule has 6 nitrogen and oxygen atoms in total. The molecule has 6 heteroatoms. The third kappa shape index (κ3) is 2.86. The molecule has 2 atom stereocenters. The van der Waals surface area contributed by atoms with Crippen LogP contribution in [0.4, 0.5) is 0 Å². The fraction of sp³-hybridized carbons (Fsp3) is 0.556. The second-order valence-electron chi connectivity index (χ2n) is 6.66. The van der Waals surface area contributed by atoms with E-state index in [2.05, 4.69) is 9.97 Å². The maximum absolute atomic E-state index is 12.7. The Labute approximate surface area is 141 Å². The molecule has 2 fully saturated rings. The predicted octanol–water partition coefficient (Wildman–Crippen LogP) is 2.22. The molecule has 2 aliphatic rings. The summed E-state index contributed by atoms with van der Waals surface area (Å²) in [5.74, 6) is 1.11. The first-order valence-electron chi connectivity index (χ1n) is 8.72. The van der Waals surface area contributed by atoms with Gasteiger partial charge in [0.05, 0.1) is 5.69 Å². The maximum Gasteiger partial charge on any atom is 0.251 e. The largest absolute Gasteiger partial charge is 0.368 e. The molecular formula is C18H22N4O2. The van der Waals surface area contributed by atoms with Crippen molar-refractivity contribution in [3.63, 3.8) is 0 Å². The summed E-state index contributed by atoms with van der Waals surface area (Å²) in [7, 11) is 0. The van der Waals surface area contributed by atoms with E-state index < -0.39 is 0 Å². The summed E-state index contributed by atoms with van der Waals surface area (Å²) in [6.07, 6.45) is 5.37. The van der Waals surface area contributed by atoms with Crippen molar-refractivity contribution in [1.82, 2.24) is 19.9 Å². The van der Waals surface area contributed by atoms with Gasteiger partial charge in [-0.25, -0.2) is 15.0 Å². The van der Waals surface area contributed by atoms with Crippen molar-refractivity contribution in [3.8, 4) is 0 Å². The lowest BCUT2D eigenvalue weighted by molar-refractivity contribution is -0.142. The maximum atomic E-state index is 12.7. The number of amides is 1. The molecule has 0 aromatic carbocycles. The van der Waals surface area contributed by atoms with Gasteiger partial charge in [0.25, 0.3) is 5.91 Å². The number of hydrogen-bond acceptors (Lipinski definition) is 5. The molecule has 0 spiro atoms. The zero-order valence-electron chi connectivity index (χ0n) is 13.9. The molecule has 2 saturated heterocycles. The van der Waals surface area contributed by atoms with Gasteiger partial charge in [-0.05, 0) is 44.7 Å². The standard InChI is InChI=1S/C18H22N4O2/c1-12-20-16(14-6-2-8-19-17(14)21-12)13-5-3-9-22(11-13)18(23)15-7-4-10-24-15/h2,6,8,13,15H,3-5,7,9-11H2,1H3/t13-,15-/m0/s1. The smallest absolute Gasteiger partial charge is 0.251 e. The first-order valence-corrected chi connectivity index (χ1v) is 8.72. The molecule has 4 rings (SSSR count). The second kappa shape index (κ2) is 6.43. The molecule has 2 aromatic rings. The van der Waals surface area contributed by atoms with Crippen LogP contribution < -0.4 is 0 Å². The molecule has 2 aromatic heterocycles.